The first kappa shape index (κ1) is 31.9. The molecule has 0 aromatic carbocycles. The Morgan fingerprint density at radius 3 is 1.72 bits per heavy atom. The van der Waals surface area contributed by atoms with E-state index in [0.29, 0.717) is 0 Å². The van der Waals surface area contributed by atoms with Crippen LogP contribution in [0.2, 0.25) is 0 Å². The van der Waals surface area contributed by atoms with Crippen LogP contribution in [0.3, 0.4) is 0 Å². The molecular formula is C22H36O17. The maximum Gasteiger partial charge on any atom is 0.303 e. The van der Waals surface area contributed by atoms with E-state index in [9.17, 15) is 50.4 Å². The van der Waals surface area contributed by atoms with E-state index >= 15 is 0 Å². The van der Waals surface area contributed by atoms with Gasteiger partial charge < -0.3 is 74.0 Å². The molecule has 3 saturated heterocycles. The van der Waals surface area contributed by atoms with Crippen molar-refractivity contribution in [3.8, 4) is 0 Å². The molecule has 0 amide bonds. The third kappa shape index (κ3) is 7.02. The van der Waals surface area contributed by atoms with E-state index in [4.69, 9.17) is 33.2 Å². The zero-order chi connectivity index (χ0) is 29.2. The minimum Gasteiger partial charge on any atom is -0.457 e. The van der Waals surface area contributed by atoms with Crippen molar-refractivity contribution in [1.82, 2.24) is 0 Å². The first-order chi connectivity index (χ1) is 18.3. The molecule has 0 unspecified atom stereocenters. The van der Waals surface area contributed by atoms with Crippen molar-refractivity contribution in [3.63, 3.8) is 0 Å². The standard InChI is InChI=1S/C22H36O17/c1-6-16(34-7(2)25)18(39-21-14(30)13(29)11(27)9(4-23)37-21)19(35-8(3)26)22(33-6)38-17-12(28)10(5-24)36-20(32)15(17)31/h6,9-24,27-32H,4-5H2,1-3H3/t6-,9+,10+,11+,12+,13-,14+,15+,16+,17-,18+,19+,20+,21-,22-/m0/s1. The highest BCUT2D eigenvalue weighted by atomic mass is 16.8. The lowest BCUT2D eigenvalue weighted by molar-refractivity contribution is -0.376. The minimum absolute atomic E-state index is 0.753. The summed E-state index contributed by atoms with van der Waals surface area (Å²) in [6, 6.07) is 0. The summed E-state index contributed by atoms with van der Waals surface area (Å²) in [5.74, 6) is -1.71. The van der Waals surface area contributed by atoms with Gasteiger partial charge in [-0.25, -0.2) is 0 Å². The molecular weight excluding hydrogens is 536 g/mol. The lowest BCUT2D eigenvalue weighted by Crippen LogP contribution is -2.67. The fraction of sp³-hybridized carbons (Fsp3) is 0.909. The molecule has 0 aromatic rings. The third-order valence-electron chi connectivity index (χ3n) is 6.60. The monoisotopic (exact) mass is 572 g/mol. The van der Waals surface area contributed by atoms with Gasteiger partial charge >= 0.3 is 11.9 Å². The van der Waals surface area contributed by atoms with Crippen molar-refractivity contribution in [1.29, 1.82) is 0 Å². The van der Waals surface area contributed by atoms with Gasteiger partial charge in [0.15, 0.2) is 31.1 Å². The summed E-state index contributed by atoms with van der Waals surface area (Å²) >= 11 is 0. The Bertz CT molecular complexity index is 826. The molecule has 0 aromatic heterocycles. The summed E-state index contributed by atoms with van der Waals surface area (Å²) in [5.41, 5.74) is 0. The molecule has 3 rings (SSSR count). The van der Waals surface area contributed by atoms with Crippen LogP contribution in [0.4, 0.5) is 0 Å². The number of aliphatic hydroxyl groups excluding tert-OH is 8. The number of hydrogen-bond acceptors (Lipinski definition) is 17. The molecule has 8 N–H and O–H groups in total. The molecule has 3 aliphatic heterocycles. The van der Waals surface area contributed by atoms with E-state index < -0.39 is 117 Å². The molecule has 226 valence electrons. The van der Waals surface area contributed by atoms with Crippen LogP contribution in [0, 0.1) is 0 Å². The van der Waals surface area contributed by atoms with Crippen molar-refractivity contribution < 1.29 is 83.6 Å². The van der Waals surface area contributed by atoms with E-state index in [1.54, 1.807) is 0 Å². The van der Waals surface area contributed by atoms with Crippen LogP contribution in [0.5, 0.6) is 0 Å². The summed E-state index contributed by atoms with van der Waals surface area (Å²) in [7, 11) is 0. The zero-order valence-electron chi connectivity index (χ0n) is 21.3. The second-order valence-electron chi connectivity index (χ2n) is 9.49. The summed E-state index contributed by atoms with van der Waals surface area (Å²) in [4.78, 5) is 23.9. The lowest BCUT2D eigenvalue weighted by Gasteiger charge is -2.48. The van der Waals surface area contributed by atoms with Crippen molar-refractivity contribution in [2.45, 2.75) is 113 Å². The van der Waals surface area contributed by atoms with E-state index in [2.05, 4.69) is 0 Å². The van der Waals surface area contributed by atoms with Gasteiger partial charge in [-0.05, 0) is 6.92 Å². The zero-order valence-corrected chi connectivity index (χ0v) is 21.3. The van der Waals surface area contributed by atoms with E-state index in [0.717, 1.165) is 13.8 Å². The predicted molar refractivity (Wildman–Crippen MR) is 119 cm³/mol. The van der Waals surface area contributed by atoms with Gasteiger partial charge in [-0.15, -0.1) is 0 Å². The average molecular weight is 573 g/mol. The van der Waals surface area contributed by atoms with E-state index in [1.807, 2.05) is 0 Å². The number of ether oxygens (including phenoxy) is 7. The quantitative estimate of drug-likeness (QED) is 0.126. The Hall–Kier alpha value is -1.58. The maximum absolute atomic E-state index is 12.1. The summed E-state index contributed by atoms with van der Waals surface area (Å²) in [6.07, 6.45) is -24.3. The second kappa shape index (κ2) is 13.4. The number of aliphatic hydroxyl groups is 8. The Labute approximate surface area is 222 Å². The van der Waals surface area contributed by atoms with E-state index in [1.165, 1.54) is 6.92 Å². The molecule has 0 radical (unpaired) electrons. The smallest absolute Gasteiger partial charge is 0.303 e. The van der Waals surface area contributed by atoms with Gasteiger partial charge in [0.05, 0.1) is 19.3 Å². The number of rotatable bonds is 8. The molecule has 3 heterocycles. The predicted octanol–water partition coefficient (Wildman–Crippen LogP) is -5.40. The Morgan fingerprint density at radius 2 is 1.15 bits per heavy atom. The van der Waals surface area contributed by atoms with Gasteiger partial charge in [0.1, 0.15) is 54.9 Å². The van der Waals surface area contributed by atoms with Crippen LogP contribution in [0.15, 0.2) is 0 Å². The van der Waals surface area contributed by atoms with Gasteiger partial charge in [0.25, 0.3) is 0 Å². The van der Waals surface area contributed by atoms with Crippen molar-refractivity contribution in [3.05, 3.63) is 0 Å². The van der Waals surface area contributed by atoms with Crippen LogP contribution in [-0.2, 0) is 42.7 Å². The van der Waals surface area contributed by atoms with Gasteiger partial charge in [-0.2, -0.15) is 0 Å². The van der Waals surface area contributed by atoms with Gasteiger partial charge in [0.2, 0.25) is 0 Å². The molecule has 3 aliphatic rings. The molecule has 0 saturated carbocycles. The molecule has 39 heavy (non-hydrogen) atoms. The maximum atomic E-state index is 12.1. The fourth-order valence-corrected chi connectivity index (χ4v) is 4.63. The largest absolute Gasteiger partial charge is 0.457 e. The molecule has 15 atom stereocenters. The number of carbonyl (C=O) groups excluding carboxylic acids is 2. The highest BCUT2D eigenvalue weighted by Gasteiger charge is 2.55. The highest BCUT2D eigenvalue weighted by Crippen LogP contribution is 2.34. The molecule has 17 heteroatoms. The normalized spacial score (nSPS) is 46.9. The Balaban J connectivity index is 1.95. The van der Waals surface area contributed by atoms with Crippen LogP contribution in [-0.4, -0.2) is 158 Å². The summed E-state index contributed by atoms with van der Waals surface area (Å²) in [5, 5.41) is 80.6. The van der Waals surface area contributed by atoms with Crippen LogP contribution in [0.25, 0.3) is 0 Å². The molecule has 3 fully saturated rings. The van der Waals surface area contributed by atoms with Gasteiger partial charge in [-0.1, -0.05) is 0 Å². The molecule has 17 nitrogen and oxygen atoms in total. The SMILES string of the molecule is CC(=O)O[C@H]1[C@H](O[C@@H]2[C@@H](O)[C@H](O)O[C@H](CO)[C@H]2O)O[C@@H](C)[C@@H](OC(C)=O)[C@H]1O[C@@H]1O[C@H](CO)[C@@H](O)[C@H](O)[C@H]1O. The van der Waals surface area contributed by atoms with Crippen LogP contribution in [0.1, 0.15) is 20.8 Å². The summed E-state index contributed by atoms with van der Waals surface area (Å²) < 4.78 is 38.3. The van der Waals surface area contributed by atoms with Crippen molar-refractivity contribution in [2.24, 2.45) is 0 Å². The first-order valence-electron chi connectivity index (χ1n) is 12.2. The third-order valence-corrected chi connectivity index (χ3v) is 6.60. The fourth-order valence-electron chi connectivity index (χ4n) is 4.63. The molecule has 0 spiro atoms. The molecule has 0 aliphatic carbocycles. The lowest BCUT2D eigenvalue weighted by atomic mass is 9.96. The second-order valence-corrected chi connectivity index (χ2v) is 9.49. The van der Waals surface area contributed by atoms with Gasteiger partial charge in [0, 0.05) is 13.8 Å². The Kier molecular flexibility index (Phi) is 11.0. The first-order valence-corrected chi connectivity index (χ1v) is 12.2. The topological polar surface area (TPSA) is 261 Å². The van der Waals surface area contributed by atoms with Crippen LogP contribution >= 0.6 is 0 Å². The van der Waals surface area contributed by atoms with Crippen molar-refractivity contribution in [2.75, 3.05) is 13.2 Å². The number of esters is 2. The van der Waals surface area contributed by atoms with Gasteiger partial charge in [-0.3, -0.25) is 9.59 Å². The van der Waals surface area contributed by atoms with Crippen LogP contribution < -0.4 is 0 Å². The number of carbonyl (C=O) groups is 2. The highest BCUT2D eigenvalue weighted by molar-refractivity contribution is 5.67. The van der Waals surface area contributed by atoms with E-state index in [-0.39, 0.29) is 0 Å². The molecule has 0 bridgehead atoms. The number of hydrogen-bond donors (Lipinski definition) is 8. The average Bonchev–Trinajstić information content (AvgIpc) is 2.87. The van der Waals surface area contributed by atoms with Crippen molar-refractivity contribution >= 4 is 11.9 Å². The minimum atomic E-state index is -1.88. The Morgan fingerprint density at radius 1 is 0.615 bits per heavy atom. The summed E-state index contributed by atoms with van der Waals surface area (Å²) in [6.45, 7) is 1.99.